The van der Waals surface area contributed by atoms with E-state index in [4.69, 9.17) is 5.11 Å². The monoisotopic (exact) mass is 342 g/mol. The predicted molar refractivity (Wildman–Crippen MR) is 82.3 cm³/mol. The molecule has 0 fully saturated rings. The van der Waals surface area contributed by atoms with Crippen LogP contribution in [0.2, 0.25) is 0 Å². The maximum Gasteiger partial charge on any atom is 0.337 e. The molecular weight excluding hydrogens is 324 g/mol. The number of anilines is 1. The fourth-order valence-electron chi connectivity index (χ4n) is 1.88. The number of nitrogens with one attached hydrogen (secondary N) is 1. The van der Waals surface area contributed by atoms with Gasteiger partial charge in [-0.15, -0.1) is 0 Å². The first-order valence-corrected chi connectivity index (χ1v) is 7.31. The Morgan fingerprint density at radius 3 is 2.55 bits per heavy atom. The third kappa shape index (κ3) is 3.72. The number of para-hydroxylation sites is 1. The summed E-state index contributed by atoms with van der Waals surface area (Å²) in [6.07, 6.45) is 0.836. The first-order chi connectivity index (χ1) is 9.42. The molecule has 0 saturated carbocycles. The number of benzene rings is 1. The molecule has 0 bridgehead atoms. The van der Waals surface area contributed by atoms with E-state index in [0.717, 1.165) is 6.42 Å². The van der Waals surface area contributed by atoms with Gasteiger partial charge in [-0.1, -0.05) is 13.0 Å². The van der Waals surface area contributed by atoms with Crippen molar-refractivity contribution in [1.29, 1.82) is 0 Å². The lowest BCUT2D eigenvalue weighted by molar-refractivity contribution is 0.0698. The van der Waals surface area contributed by atoms with Crippen LogP contribution in [0.4, 0.5) is 10.5 Å². The minimum Gasteiger partial charge on any atom is -0.478 e. The zero-order valence-electron chi connectivity index (χ0n) is 11.8. The van der Waals surface area contributed by atoms with Gasteiger partial charge in [0.05, 0.1) is 11.3 Å². The largest absolute Gasteiger partial charge is 0.478 e. The first-order valence-electron chi connectivity index (χ1n) is 6.51. The summed E-state index contributed by atoms with van der Waals surface area (Å²) >= 11 is 3.27. The number of hydrogen-bond acceptors (Lipinski definition) is 2. The van der Waals surface area contributed by atoms with Gasteiger partial charge in [0.25, 0.3) is 0 Å². The summed E-state index contributed by atoms with van der Waals surface area (Å²) in [7, 11) is 0. The zero-order valence-corrected chi connectivity index (χ0v) is 13.4. The van der Waals surface area contributed by atoms with Crippen LogP contribution in [0.5, 0.6) is 0 Å². The molecule has 2 amide bonds. The molecule has 1 unspecified atom stereocenters. The number of carbonyl (C=O) groups excluding carboxylic acids is 1. The van der Waals surface area contributed by atoms with E-state index < -0.39 is 5.97 Å². The van der Waals surface area contributed by atoms with E-state index >= 15 is 0 Å². The highest BCUT2D eigenvalue weighted by molar-refractivity contribution is 9.10. The number of amides is 2. The first kappa shape index (κ1) is 16.5. The van der Waals surface area contributed by atoms with E-state index in [1.165, 1.54) is 6.07 Å². The fraction of sp³-hybridized carbons (Fsp3) is 0.429. The average Bonchev–Trinajstić information content (AvgIpc) is 2.41. The molecule has 0 spiro atoms. The second-order valence-electron chi connectivity index (χ2n) is 4.44. The molecule has 2 N–H and O–H groups in total. The fourth-order valence-corrected chi connectivity index (χ4v) is 2.35. The van der Waals surface area contributed by atoms with E-state index in [1.54, 1.807) is 17.0 Å². The zero-order chi connectivity index (χ0) is 15.3. The van der Waals surface area contributed by atoms with Gasteiger partial charge in [-0.2, -0.15) is 0 Å². The molecule has 0 saturated heterocycles. The van der Waals surface area contributed by atoms with E-state index in [0.29, 0.717) is 11.0 Å². The molecule has 0 aliphatic carbocycles. The number of carboxylic acids is 1. The summed E-state index contributed by atoms with van der Waals surface area (Å²) in [5.41, 5.74) is 0.347. The molecule has 0 aliphatic heterocycles. The van der Waals surface area contributed by atoms with Crippen molar-refractivity contribution in [1.82, 2.24) is 4.90 Å². The molecule has 1 aromatic rings. The Labute approximate surface area is 127 Å². The van der Waals surface area contributed by atoms with Crippen LogP contribution in [0.1, 0.15) is 37.6 Å². The number of aromatic carboxylic acids is 1. The van der Waals surface area contributed by atoms with Gasteiger partial charge in [0.2, 0.25) is 0 Å². The topological polar surface area (TPSA) is 69.6 Å². The Morgan fingerprint density at radius 2 is 2.05 bits per heavy atom. The van der Waals surface area contributed by atoms with Crippen LogP contribution in [0.3, 0.4) is 0 Å². The van der Waals surface area contributed by atoms with Crippen molar-refractivity contribution < 1.29 is 14.7 Å². The second kappa shape index (κ2) is 7.28. The van der Waals surface area contributed by atoms with Crippen molar-refractivity contribution in [2.24, 2.45) is 0 Å². The van der Waals surface area contributed by atoms with Crippen LogP contribution in [0.15, 0.2) is 22.7 Å². The highest BCUT2D eigenvalue weighted by Crippen LogP contribution is 2.27. The van der Waals surface area contributed by atoms with Crippen molar-refractivity contribution in [3.63, 3.8) is 0 Å². The third-order valence-corrected chi connectivity index (χ3v) is 3.86. The number of carboxylic acid groups (broad SMARTS) is 1. The number of halogens is 1. The number of carbonyl (C=O) groups is 2. The lowest BCUT2D eigenvalue weighted by Gasteiger charge is -2.27. The number of nitrogens with zero attached hydrogens (tertiary/aromatic N) is 1. The van der Waals surface area contributed by atoms with Gasteiger partial charge in [-0.3, -0.25) is 0 Å². The van der Waals surface area contributed by atoms with Crippen LogP contribution in [-0.2, 0) is 0 Å². The number of rotatable bonds is 5. The smallest absolute Gasteiger partial charge is 0.337 e. The normalized spacial score (nSPS) is 11.8. The molecule has 6 heteroatoms. The third-order valence-electron chi connectivity index (χ3n) is 3.20. The summed E-state index contributed by atoms with van der Waals surface area (Å²) in [5.74, 6) is -1.08. The van der Waals surface area contributed by atoms with Crippen LogP contribution in [0.25, 0.3) is 0 Å². The predicted octanol–water partition coefficient (Wildman–Crippen LogP) is 3.80. The molecule has 20 heavy (non-hydrogen) atoms. The van der Waals surface area contributed by atoms with Crippen molar-refractivity contribution >= 4 is 33.6 Å². The molecule has 0 radical (unpaired) electrons. The lowest BCUT2D eigenvalue weighted by atomic mass is 10.2. The number of hydrogen-bond donors (Lipinski definition) is 2. The molecule has 0 heterocycles. The molecule has 0 aliphatic rings. The number of urea groups is 1. The van der Waals surface area contributed by atoms with E-state index in [1.807, 2.05) is 20.8 Å². The molecule has 1 atom stereocenters. The van der Waals surface area contributed by atoms with Gasteiger partial charge in [0.15, 0.2) is 0 Å². The molecule has 1 rings (SSSR count). The highest BCUT2D eigenvalue weighted by Gasteiger charge is 2.20. The quantitative estimate of drug-likeness (QED) is 0.854. The molecule has 0 aromatic heterocycles. The van der Waals surface area contributed by atoms with Gasteiger partial charge in [-0.05, 0) is 48.3 Å². The average molecular weight is 343 g/mol. The van der Waals surface area contributed by atoms with Gasteiger partial charge in [0.1, 0.15) is 0 Å². The Bertz CT molecular complexity index is 505. The van der Waals surface area contributed by atoms with Gasteiger partial charge in [0, 0.05) is 17.1 Å². The Kier molecular flexibility index (Phi) is 6.01. The summed E-state index contributed by atoms with van der Waals surface area (Å²) < 4.78 is 0.547. The van der Waals surface area contributed by atoms with Crippen molar-refractivity contribution in [2.45, 2.75) is 33.2 Å². The van der Waals surface area contributed by atoms with Crippen LogP contribution in [-0.4, -0.2) is 34.6 Å². The van der Waals surface area contributed by atoms with E-state index in [2.05, 4.69) is 21.2 Å². The summed E-state index contributed by atoms with van der Waals surface area (Å²) in [6.45, 7) is 6.42. The molecule has 1 aromatic carbocycles. The summed E-state index contributed by atoms with van der Waals surface area (Å²) in [5, 5.41) is 11.9. The maximum atomic E-state index is 12.3. The van der Waals surface area contributed by atoms with Crippen LogP contribution < -0.4 is 5.32 Å². The van der Waals surface area contributed by atoms with Crippen LogP contribution in [0, 0.1) is 0 Å². The Morgan fingerprint density at radius 1 is 1.40 bits per heavy atom. The van der Waals surface area contributed by atoms with Crippen molar-refractivity contribution in [2.75, 3.05) is 11.9 Å². The van der Waals surface area contributed by atoms with E-state index in [-0.39, 0.29) is 23.3 Å². The maximum absolute atomic E-state index is 12.3. The Hall–Kier alpha value is -1.56. The van der Waals surface area contributed by atoms with Gasteiger partial charge >= 0.3 is 12.0 Å². The van der Waals surface area contributed by atoms with E-state index in [9.17, 15) is 9.59 Å². The molecule has 5 nitrogen and oxygen atoms in total. The molecule has 110 valence electrons. The van der Waals surface area contributed by atoms with Crippen LogP contribution >= 0.6 is 15.9 Å². The highest BCUT2D eigenvalue weighted by atomic mass is 79.9. The van der Waals surface area contributed by atoms with Crippen molar-refractivity contribution in [3.8, 4) is 0 Å². The minimum absolute atomic E-state index is 0.0629. The minimum atomic E-state index is -1.08. The molecular formula is C14H19BrN2O3. The Balaban J connectivity index is 3.04. The standard InChI is InChI=1S/C14H19BrN2O3/c1-4-9(3)17(5-2)14(20)16-12-10(13(18)19)7-6-8-11(12)15/h6-9H,4-5H2,1-3H3,(H,16,20)(H,18,19). The summed E-state index contributed by atoms with van der Waals surface area (Å²) in [6, 6.07) is 4.58. The summed E-state index contributed by atoms with van der Waals surface area (Å²) in [4.78, 5) is 25.1. The van der Waals surface area contributed by atoms with Crippen molar-refractivity contribution in [3.05, 3.63) is 28.2 Å². The van der Waals surface area contributed by atoms with Gasteiger partial charge < -0.3 is 15.3 Å². The van der Waals surface area contributed by atoms with Gasteiger partial charge in [-0.25, -0.2) is 9.59 Å². The second-order valence-corrected chi connectivity index (χ2v) is 5.30. The SMILES string of the molecule is CCC(C)N(CC)C(=O)Nc1c(Br)cccc1C(=O)O. The lowest BCUT2D eigenvalue weighted by Crippen LogP contribution is -2.41.